The van der Waals surface area contributed by atoms with Crippen molar-refractivity contribution < 1.29 is 19.5 Å². The highest BCUT2D eigenvalue weighted by molar-refractivity contribution is 6.30. The first-order valence-electron chi connectivity index (χ1n) is 10.6. The van der Waals surface area contributed by atoms with Crippen LogP contribution in [-0.4, -0.2) is 33.7 Å². The van der Waals surface area contributed by atoms with Crippen molar-refractivity contribution in [3.8, 4) is 0 Å². The third-order valence-electron chi connectivity index (χ3n) is 6.32. The minimum absolute atomic E-state index is 0.135. The van der Waals surface area contributed by atoms with E-state index in [0.29, 0.717) is 22.9 Å². The van der Waals surface area contributed by atoms with Gasteiger partial charge in [0.15, 0.2) is 5.78 Å². The number of rotatable bonds is 7. The second-order valence-corrected chi connectivity index (χ2v) is 9.61. The fraction of sp³-hybridized carbons (Fsp3) is 0.400. The van der Waals surface area contributed by atoms with Crippen LogP contribution in [0.25, 0.3) is 0 Å². The van der Waals surface area contributed by atoms with Gasteiger partial charge in [-0.3, -0.25) is 14.4 Å². The molecule has 170 valence electrons. The molecule has 1 amide bonds. The number of amides is 1. The van der Waals surface area contributed by atoms with Crippen molar-refractivity contribution >= 4 is 40.9 Å². The first-order valence-corrected chi connectivity index (χ1v) is 11.4. The number of likely N-dealkylation sites (tertiary alicyclic amines) is 1. The zero-order chi connectivity index (χ0) is 23.6. The number of hydrogen-bond donors (Lipinski definition) is 1. The molecule has 0 bridgehead atoms. The van der Waals surface area contributed by atoms with E-state index in [1.165, 1.54) is 6.92 Å². The quantitative estimate of drug-likeness (QED) is 0.540. The van der Waals surface area contributed by atoms with E-state index in [4.69, 9.17) is 23.2 Å². The molecule has 2 unspecified atom stereocenters. The molecule has 32 heavy (non-hydrogen) atoms. The molecule has 7 heteroatoms. The Balaban J connectivity index is 2.26. The Hall–Kier alpha value is -2.37. The number of Topliss-reactive ketones (excluding diaryl/α,β-unsaturated/α-hetero) is 1. The van der Waals surface area contributed by atoms with Gasteiger partial charge in [-0.25, -0.2) is 0 Å². The van der Waals surface area contributed by atoms with Gasteiger partial charge >= 0.3 is 5.97 Å². The van der Waals surface area contributed by atoms with Crippen LogP contribution in [0.1, 0.15) is 63.1 Å². The molecule has 2 aromatic carbocycles. The Morgan fingerprint density at radius 1 is 1.12 bits per heavy atom. The number of carboxylic acids is 1. The van der Waals surface area contributed by atoms with Gasteiger partial charge in [0.1, 0.15) is 0 Å². The summed E-state index contributed by atoms with van der Waals surface area (Å²) in [5.41, 5.74) is 0.569. The first kappa shape index (κ1) is 24.3. The number of carboxylic acid groups (broad SMARTS) is 1. The number of ketones is 1. The van der Waals surface area contributed by atoms with Crippen molar-refractivity contribution in [1.82, 2.24) is 4.90 Å². The predicted octanol–water partition coefficient (Wildman–Crippen LogP) is 5.90. The maximum absolute atomic E-state index is 13.8. The van der Waals surface area contributed by atoms with E-state index in [1.807, 2.05) is 37.3 Å². The van der Waals surface area contributed by atoms with Crippen LogP contribution in [0.4, 0.5) is 0 Å². The van der Waals surface area contributed by atoms with E-state index in [-0.39, 0.29) is 24.0 Å². The summed E-state index contributed by atoms with van der Waals surface area (Å²) in [5.74, 6) is -1.76. The monoisotopic (exact) mass is 475 g/mol. The lowest BCUT2D eigenvalue weighted by atomic mass is 9.67. The van der Waals surface area contributed by atoms with Gasteiger partial charge in [0.05, 0.1) is 23.9 Å². The molecule has 0 spiro atoms. The maximum atomic E-state index is 13.8. The normalized spacial score (nSPS) is 24.3. The summed E-state index contributed by atoms with van der Waals surface area (Å²) in [7, 11) is 0. The van der Waals surface area contributed by atoms with E-state index < -0.39 is 23.5 Å². The number of aliphatic carboxylic acids is 1. The molecule has 1 saturated heterocycles. The largest absolute Gasteiger partial charge is 0.481 e. The zero-order valence-electron chi connectivity index (χ0n) is 18.3. The summed E-state index contributed by atoms with van der Waals surface area (Å²) in [6.45, 7) is 5.01. The van der Waals surface area contributed by atoms with Crippen LogP contribution < -0.4 is 0 Å². The summed E-state index contributed by atoms with van der Waals surface area (Å²) in [6.07, 6.45) is 0.425. The molecule has 1 aliphatic rings. The second kappa shape index (κ2) is 9.63. The van der Waals surface area contributed by atoms with Gasteiger partial charge in [-0.2, -0.15) is 0 Å². The topological polar surface area (TPSA) is 74.7 Å². The Morgan fingerprint density at radius 3 is 2.31 bits per heavy atom. The lowest BCUT2D eigenvalue weighted by Gasteiger charge is -2.51. The van der Waals surface area contributed by atoms with Crippen molar-refractivity contribution in [2.45, 2.75) is 58.0 Å². The van der Waals surface area contributed by atoms with E-state index >= 15 is 0 Å². The summed E-state index contributed by atoms with van der Waals surface area (Å²) < 4.78 is 0. The lowest BCUT2D eigenvalue weighted by Crippen LogP contribution is -2.57. The number of carbonyl (C=O) groups is 3. The number of carbonyl (C=O) groups excluding carboxylic acids is 2. The Bertz CT molecular complexity index is 1020. The molecule has 3 rings (SSSR count). The van der Waals surface area contributed by atoms with Crippen molar-refractivity contribution in [3.05, 3.63) is 69.7 Å². The molecule has 1 heterocycles. The van der Waals surface area contributed by atoms with Crippen LogP contribution in [0.5, 0.6) is 0 Å². The van der Waals surface area contributed by atoms with Crippen LogP contribution in [0.2, 0.25) is 10.0 Å². The highest BCUT2D eigenvalue weighted by Gasteiger charge is 2.52. The molecule has 1 aliphatic heterocycles. The molecule has 0 radical (unpaired) electrons. The Morgan fingerprint density at radius 2 is 1.78 bits per heavy atom. The molecular formula is C25H27Cl2NO4. The number of hydrogen-bond acceptors (Lipinski definition) is 3. The van der Waals surface area contributed by atoms with Crippen LogP contribution in [0.3, 0.4) is 0 Å². The van der Waals surface area contributed by atoms with Gasteiger partial charge < -0.3 is 10.0 Å². The number of halogens is 2. The van der Waals surface area contributed by atoms with Gasteiger partial charge in [0.2, 0.25) is 5.91 Å². The SMILES string of the molecule is CC[C@H](C(C)=O)N1C(=O)[C@@](C)(CC(=O)O)CC(c2cccc(Cl)c2)C1c1ccc(Cl)cc1. The van der Waals surface area contributed by atoms with Crippen LogP contribution in [0, 0.1) is 5.41 Å². The van der Waals surface area contributed by atoms with Gasteiger partial charge in [-0.1, -0.05) is 61.3 Å². The lowest BCUT2D eigenvalue weighted by molar-refractivity contribution is -0.162. The molecule has 5 nitrogen and oxygen atoms in total. The zero-order valence-corrected chi connectivity index (χ0v) is 19.9. The van der Waals surface area contributed by atoms with Crippen molar-refractivity contribution in [1.29, 1.82) is 0 Å². The van der Waals surface area contributed by atoms with E-state index in [1.54, 1.807) is 30.0 Å². The highest BCUT2D eigenvalue weighted by atomic mass is 35.5. The van der Waals surface area contributed by atoms with Gasteiger partial charge in [-0.05, 0) is 55.2 Å². The van der Waals surface area contributed by atoms with Gasteiger partial charge in [0, 0.05) is 16.0 Å². The average molecular weight is 476 g/mol. The molecule has 0 aliphatic carbocycles. The van der Waals surface area contributed by atoms with Crippen molar-refractivity contribution in [2.75, 3.05) is 0 Å². The standard InChI is InChI=1S/C25H27Cl2NO4/c1-4-21(15(2)29)28-23(16-8-10-18(26)11-9-16)20(17-6-5-7-19(27)12-17)13-25(3,24(28)32)14-22(30)31/h5-12,20-21,23H,4,13-14H2,1-3H3,(H,30,31)/t20?,21-,23?,25-/m1/s1. The molecule has 1 N–H and O–H groups in total. The third-order valence-corrected chi connectivity index (χ3v) is 6.81. The van der Waals surface area contributed by atoms with E-state index in [2.05, 4.69) is 0 Å². The van der Waals surface area contributed by atoms with E-state index in [0.717, 1.165) is 11.1 Å². The molecule has 0 aromatic heterocycles. The fourth-order valence-corrected chi connectivity index (χ4v) is 5.23. The summed E-state index contributed by atoms with van der Waals surface area (Å²) in [5, 5.41) is 10.7. The molecule has 2 aromatic rings. The molecular weight excluding hydrogens is 449 g/mol. The molecule has 0 saturated carbocycles. The van der Waals surface area contributed by atoms with Gasteiger partial charge in [0.25, 0.3) is 0 Å². The summed E-state index contributed by atoms with van der Waals surface area (Å²) in [4.78, 5) is 39.8. The van der Waals surface area contributed by atoms with Crippen LogP contribution in [-0.2, 0) is 14.4 Å². The molecule has 4 atom stereocenters. The molecule has 1 fully saturated rings. The second-order valence-electron chi connectivity index (χ2n) is 8.74. The minimum Gasteiger partial charge on any atom is -0.481 e. The fourth-order valence-electron chi connectivity index (χ4n) is 4.90. The van der Waals surface area contributed by atoms with Crippen LogP contribution in [0.15, 0.2) is 48.5 Å². The maximum Gasteiger partial charge on any atom is 0.304 e. The smallest absolute Gasteiger partial charge is 0.304 e. The highest BCUT2D eigenvalue weighted by Crippen LogP contribution is 2.52. The number of nitrogens with zero attached hydrogens (tertiary/aromatic N) is 1. The van der Waals surface area contributed by atoms with E-state index in [9.17, 15) is 19.5 Å². The average Bonchev–Trinajstić information content (AvgIpc) is 2.71. The van der Waals surface area contributed by atoms with Gasteiger partial charge in [-0.15, -0.1) is 0 Å². The summed E-state index contributed by atoms with van der Waals surface area (Å²) >= 11 is 12.4. The summed E-state index contributed by atoms with van der Waals surface area (Å²) in [6, 6.07) is 13.5. The van der Waals surface area contributed by atoms with Crippen molar-refractivity contribution in [2.24, 2.45) is 5.41 Å². The third kappa shape index (κ3) is 4.84. The Kier molecular flexibility index (Phi) is 7.31. The minimum atomic E-state index is -1.16. The number of benzene rings is 2. The van der Waals surface area contributed by atoms with Crippen molar-refractivity contribution in [3.63, 3.8) is 0 Å². The predicted molar refractivity (Wildman–Crippen MR) is 125 cm³/mol. The first-order chi connectivity index (χ1) is 15.1. The van der Waals surface area contributed by atoms with Crippen LogP contribution >= 0.6 is 23.2 Å². The Labute approximate surface area is 198 Å². The number of piperidine rings is 1.